The van der Waals surface area contributed by atoms with Crippen LogP contribution in [0.4, 0.5) is 5.13 Å². The first kappa shape index (κ1) is 14.6. The molecule has 2 fully saturated rings. The van der Waals surface area contributed by atoms with Gasteiger partial charge in [0.05, 0.1) is 17.3 Å². The number of thiazole rings is 1. The molecule has 3 rings (SSSR count). The highest BCUT2D eigenvalue weighted by Crippen LogP contribution is 2.21. The summed E-state index contributed by atoms with van der Waals surface area (Å²) in [7, 11) is 0. The lowest BCUT2D eigenvalue weighted by atomic mass is 10.3. The van der Waals surface area contributed by atoms with Crippen LogP contribution in [0, 0.1) is 6.92 Å². The van der Waals surface area contributed by atoms with Crippen LogP contribution in [-0.4, -0.2) is 71.0 Å². The fourth-order valence-corrected chi connectivity index (χ4v) is 4.20. The molecule has 0 bridgehead atoms. The first-order chi connectivity index (χ1) is 10.1. The van der Waals surface area contributed by atoms with E-state index in [1.807, 2.05) is 17.2 Å². The minimum absolute atomic E-state index is 0.0563. The lowest BCUT2D eigenvalue weighted by Crippen LogP contribution is -2.51. The smallest absolute Gasteiger partial charge is 0.242 e. The molecule has 0 aromatic carbocycles. The lowest BCUT2D eigenvalue weighted by molar-refractivity contribution is -0.138. The van der Waals surface area contributed by atoms with E-state index in [-0.39, 0.29) is 18.4 Å². The first-order valence-electron chi connectivity index (χ1n) is 6.94. The third-order valence-electron chi connectivity index (χ3n) is 3.66. The molecule has 1 aromatic rings. The van der Waals surface area contributed by atoms with Gasteiger partial charge in [0.2, 0.25) is 11.8 Å². The van der Waals surface area contributed by atoms with Crippen LogP contribution in [-0.2, 0) is 9.59 Å². The van der Waals surface area contributed by atoms with E-state index in [9.17, 15) is 9.59 Å². The fourth-order valence-electron chi connectivity index (χ4n) is 2.44. The molecule has 2 aliphatic rings. The number of amides is 2. The van der Waals surface area contributed by atoms with Crippen molar-refractivity contribution in [2.45, 2.75) is 6.92 Å². The molecule has 1 aromatic heterocycles. The van der Waals surface area contributed by atoms with Crippen molar-refractivity contribution in [3.8, 4) is 0 Å². The predicted molar refractivity (Wildman–Crippen MR) is 84.7 cm³/mol. The molecule has 0 spiro atoms. The summed E-state index contributed by atoms with van der Waals surface area (Å²) in [5.74, 6) is 1.28. The van der Waals surface area contributed by atoms with E-state index in [0.717, 1.165) is 23.9 Å². The number of anilines is 1. The normalized spacial score (nSPS) is 19.5. The van der Waals surface area contributed by atoms with Gasteiger partial charge in [-0.3, -0.25) is 9.59 Å². The summed E-state index contributed by atoms with van der Waals surface area (Å²) in [4.78, 5) is 34.0. The molecule has 21 heavy (non-hydrogen) atoms. The summed E-state index contributed by atoms with van der Waals surface area (Å²) < 4.78 is 0. The van der Waals surface area contributed by atoms with Crippen molar-refractivity contribution in [1.82, 2.24) is 14.8 Å². The number of rotatable bonds is 3. The molecule has 3 heterocycles. The summed E-state index contributed by atoms with van der Waals surface area (Å²) in [6, 6.07) is 0. The van der Waals surface area contributed by atoms with Crippen LogP contribution in [0.2, 0.25) is 0 Å². The molecular weight excluding hydrogens is 308 g/mol. The number of hydrogen-bond donors (Lipinski definition) is 0. The lowest BCUT2D eigenvalue weighted by Gasteiger charge is -2.35. The van der Waals surface area contributed by atoms with Crippen molar-refractivity contribution in [3.63, 3.8) is 0 Å². The van der Waals surface area contributed by atoms with Gasteiger partial charge in [-0.05, 0) is 6.92 Å². The van der Waals surface area contributed by atoms with Crippen LogP contribution in [0.5, 0.6) is 0 Å². The summed E-state index contributed by atoms with van der Waals surface area (Å²) in [5.41, 5.74) is 1.04. The van der Waals surface area contributed by atoms with Gasteiger partial charge >= 0.3 is 0 Å². The zero-order valence-electron chi connectivity index (χ0n) is 11.9. The predicted octanol–water partition coefficient (Wildman–Crippen LogP) is 0.633. The van der Waals surface area contributed by atoms with E-state index >= 15 is 0 Å². The standard InChI is InChI=1S/C13H18N4O2S2/c1-10-7-21-13(14-10)16-4-2-15(3-5-16)11(18)6-17-9-20-8-12(17)19/h7H,2-6,8-9H2,1H3. The maximum atomic E-state index is 12.2. The van der Waals surface area contributed by atoms with Gasteiger partial charge in [-0.25, -0.2) is 4.98 Å². The quantitative estimate of drug-likeness (QED) is 0.816. The molecule has 2 amide bonds. The van der Waals surface area contributed by atoms with E-state index in [1.165, 1.54) is 0 Å². The van der Waals surface area contributed by atoms with Crippen LogP contribution in [0.15, 0.2) is 5.38 Å². The van der Waals surface area contributed by atoms with Crippen molar-refractivity contribution in [3.05, 3.63) is 11.1 Å². The highest BCUT2D eigenvalue weighted by Gasteiger charge is 2.27. The second kappa shape index (κ2) is 6.23. The van der Waals surface area contributed by atoms with Gasteiger partial charge in [0.1, 0.15) is 6.54 Å². The molecular formula is C13H18N4O2S2. The van der Waals surface area contributed by atoms with Crippen molar-refractivity contribution in [2.24, 2.45) is 0 Å². The molecule has 2 aliphatic heterocycles. The van der Waals surface area contributed by atoms with Crippen molar-refractivity contribution < 1.29 is 9.59 Å². The minimum atomic E-state index is 0.0563. The largest absolute Gasteiger partial charge is 0.345 e. The molecule has 6 nitrogen and oxygen atoms in total. The van der Waals surface area contributed by atoms with Crippen LogP contribution in [0.25, 0.3) is 0 Å². The first-order valence-corrected chi connectivity index (χ1v) is 8.97. The van der Waals surface area contributed by atoms with Crippen LogP contribution < -0.4 is 4.90 Å². The summed E-state index contributed by atoms with van der Waals surface area (Å²) in [5, 5.41) is 3.08. The van der Waals surface area contributed by atoms with Gasteiger partial charge in [-0.2, -0.15) is 0 Å². The SMILES string of the molecule is Cc1csc(N2CCN(C(=O)CN3CSCC3=O)CC2)n1. The van der Waals surface area contributed by atoms with Gasteiger partial charge < -0.3 is 14.7 Å². The Morgan fingerprint density at radius 1 is 1.33 bits per heavy atom. The van der Waals surface area contributed by atoms with E-state index in [2.05, 4.69) is 9.88 Å². The van der Waals surface area contributed by atoms with E-state index in [0.29, 0.717) is 24.7 Å². The topological polar surface area (TPSA) is 56.8 Å². The second-order valence-electron chi connectivity index (χ2n) is 5.21. The third-order valence-corrected chi connectivity index (χ3v) is 5.63. The Balaban J connectivity index is 1.51. The van der Waals surface area contributed by atoms with Crippen molar-refractivity contribution >= 4 is 40.0 Å². The number of aromatic nitrogens is 1. The zero-order chi connectivity index (χ0) is 14.8. The summed E-state index contributed by atoms with van der Waals surface area (Å²) >= 11 is 3.22. The van der Waals surface area contributed by atoms with Gasteiger partial charge in [0, 0.05) is 31.6 Å². The molecule has 114 valence electrons. The maximum Gasteiger partial charge on any atom is 0.242 e. The molecule has 0 aliphatic carbocycles. The Morgan fingerprint density at radius 2 is 2.10 bits per heavy atom. The second-order valence-corrected chi connectivity index (χ2v) is 7.00. The number of carbonyl (C=O) groups excluding carboxylic acids is 2. The highest BCUT2D eigenvalue weighted by molar-refractivity contribution is 8.00. The number of thioether (sulfide) groups is 1. The maximum absolute atomic E-state index is 12.2. The Hall–Kier alpha value is -1.28. The summed E-state index contributed by atoms with van der Waals surface area (Å²) in [6.45, 7) is 5.23. The number of aryl methyl sites for hydroxylation is 1. The van der Waals surface area contributed by atoms with Gasteiger partial charge in [0.25, 0.3) is 0 Å². The molecule has 0 saturated carbocycles. The Bertz CT molecular complexity index is 540. The Kier molecular flexibility index (Phi) is 4.34. The van der Waals surface area contributed by atoms with Crippen LogP contribution in [0.3, 0.4) is 0 Å². The molecule has 0 atom stereocenters. The van der Waals surface area contributed by atoms with Crippen LogP contribution >= 0.6 is 23.1 Å². The third kappa shape index (κ3) is 3.32. The van der Waals surface area contributed by atoms with Crippen molar-refractivity contribution in [2.75, 3.05) is 49.3 Å². The van der Waals surface area contributed by atoms with Crippen LogP contribution in [0.1, 0.15) is 5.69 Å². The fraction of sp³-hybridized carbons (Fsp3) is 0.615. The molecule has 0 radical (unpaired) electrons. The zero-order valence-corrected chi connectivity index (χ0v) is 13.6. The van der Waals surface area contributed by atoms with E-state index < -0.39 is 0 Å². The Morgan fingerprint density at radius 3 is 2.67 bits per heavy atom. The number of piperazine rings is 1. The molecule has 0 N–H and O–H groups in total. The van der Waals surface area contributed by atoms with Gasteiger partial charge in [0.15, 0.2) is 5.13 Å². The van der Waals surface area contributed by atoms with Gasteiger partial charge in [-0.15, -0.1) is 23.1 Å². The highest BCUT2D eigenvalue weighted by atomic mass is 32.2. The molecule has 8 heteroatoms. The number of nitrogens with zero attached hydrogens (tertiary/aromatic N) is 4. The average Bonchev–Trinajstić information content (AvgIpc) is 3.08. The minimum Gasteiger partial charge on any atom is -0.345 e. The summed E-state index contributed by atoms with van der Waals surface area (Å²) in [6.07, 6.45) is 0. The van der Waals surface area contributed by atoms with Gasteiger partial charge in [-0.1, -0.05) is 0 Å². The Labute approximate surface area is 132 Å². The average molecular weight is 326 g/mol. The monoisotopic (exact) mass is 326 g/mol. The van der Waals surface area contributed by atoms with Crippen molar-refractivity contribution in [1.29, 1.82) is 0 Å². The number of carbonyl (C=O) groups is 2. The van der Waals surface area contributed by atoms with E-state index in [1.54, 1.807) is 28.0 Å². The molecule has 0 unspecified atom stereocenters. The molecule has 2 saturated heterocycles. The number of hydrogen-bond acceptors (Lipinski definition) is 6. The van der Waals surface area contributed by atoms with E-state index in [4.69, 9.17) is 0 Å².